The molecule has 1 saturated heterocycles. The summed E-state index contributed by atoms with van der Waals surface area (Å²) in [5.74, 6) is 1.51. The molecular formula is C12H22N4S. The third-order valence-corrected chi connectivity index (χ3v) is 3.67. The van der Waals surface area contributed by atoms with Crippen molar-refractivity contribution in [1.82, 2.24) is 19.7 Å². The molecule has 1 aliphatic heterocycles. The maximum Gasteiger partial charge on any atom is 0.195 e. The number of hydrogen-bond acceptors (Lipinski definition) is 3. The highest BCUT2D eigenvalue weighted by Gasteiger charge is 2.12. The minimum atomic E-state index is 0.426. The summed E-state index contributed by atoms with van der Waals surface area (Å²) < 4.78 is 2.91. The molecule has 0 unspecified atom stereocenters. The number of hydrogen-bond donors (Lipinski definition) is 1. The number of H-pyrrole nitrogens is 1. The van der Waals surface area contributed by atoms with Crippen molar-refractivity contribution in [2.24, 2.45) is 0 Å². The van der Waals surface area contributed by atoms with Crippen molar-refractivity contribution < 1.29 is 0 Å². The second-order valence-corrected chi connectivity index (χ2v) is 5.48. The first-order valence-corrected chi connectivity index (χ1v) is 6.97. The molecule has 4 nitrogen and oxygen atoms in total. The average molecular weight is 254 g/mol. The molecule has 96 valence electrons. The molecule has 0 bridgehead atoms. The first-order chi connectivity index (χ1) is 8.18. The van der Waals surface area contributed by atoms with Gasteiger partial charge >= 0.3 is 0 Å². The van der Waals surface area contributed by atoms with E-state index in [4.69, 9.17) is 12.2 Å². The molecule has 2 heterocycles. The number of aromatic nitrogens is 3. The van der Waals surface area contributed by atoms with Crippen LogP contribution in [0.5, 0.6) is 0 Å². The van der Waals surface area contributed by atoms with Crippen molar-refractivity contribution in [2.45, 2.75) is 45.6 Å². The van der Waals surface area contributed by atoms with Crippen molar-refractivity contribution in [3.8, 4) is 0 Å². The zero-order valence-corrected chi connectivity index (χ0v) is 11.6. The summed E-state index contributed by atoms with van der Waals surface area (Å²) >= 11 is 5.27. The van der Waals surface area contributed by atoms with Gasteiger partial charge in [-0.3, -0.25) is 5.10 Å². The lowest BCUT2D eigenvalue weighted by Gasteiger charge is -2.15. The van der Waals surface area contributed by atoms with Gasteiger partial charge in [0.1, 0.15) is 5.82 Å². The van der Waals surface area contributed by atoms with Gasteiger partial charge in [0.15, 0.2) is 4.77 Å². The number of rotatable bonds is 5. The molecule has 0 spiro atoms. The largest absolute Gasteiger partial charge is 0.304 e. The molecule has 1 fully saturated rings. The van der Waals surface area contributed by atoms with Crippen LogP contribution in [0.15, 0.2) is 0 Å². The third kappa shape index (κ3) is 3.16. The molecule has 0 aliphatic carbocycles. The molecule has 0 aromatic carbocycles. The lowest BCUT2D eigenvalue weighted by atomic mass is 10.2. The fraction of sp³-hybridized carbons (Fsp3) is 0.833. The van der Waals surface area contributed by atoms with E-state index in [1.807, 2.05) is 0 Å². The molecule has 0 saturated carbocycles. The molecule has 0 atom stereocenters. The van der Waals surface area contributed by atoms with Crippen LogP contribution in [-0.4, -0.2) is 39.3 Å². The molecule has 1 aromatic rings. The lowest BCUT2D eigenvalue weighted by Crippen LogP contribution is -2.22. The Bertz CT molecular complexity index is 401. The third-order valence-electron chi connectivity index (χ3n) is 3.36. The van der Waals surface area contributed by atoms with E-state index in [1.165, 1.54) is 32.5 Å². The SMILES string of the molecule is CC(C)c1n[nH]c(=S)n1CCCN1CCCC1. The Labute approximate surface area is 108 Å². The summed E-state index contributed by atoms with van der Waals surface area (Å²) in [5.41, 5.74) is 0. The number of nitrogens with zero attached hydrogens (tertiary/aromatic N) is 3. The quantitative estimate of drug-likeness (QED) is 0.820. The van der Waals surface area contributed by atoms with Crippen molar-refractivity contribution in [3.63, 3.8) is 0 Å². The maximum atomic E-state index is 5.27. The van der Waals surface area contributed by atoms with E-state index < -0.39 is 0 Å². The van der Waals surface area contributed by atoms with Crippen molar-refractivity contribution in [1.29, 1.82) is 0 Å². The Kier molecular flexibility index (Phi) is 4.34. The number of nitrogens with one attached hydrogen (secondary N) is 1. The van der Waals surface area contributed by atoms with Crippen molar-refractivity contribution >= 4 is 12.2 Å². The smallest absolute Gasteiger partial charge is 0.195 e. The predicted octanol–water partition coefficient (Wildman–Crippen LogP) is 2.55. The first kappa shape index (κ1) is 12.8. The normalized spacial score (nSPS) is 17.1. The minimum Gasteiger partial charge on any atom is -0.304 e. The summed E-state index contributed by atoms with van der Waals surface area (Å²) in [6.07, 6.45) is 3.89. The van der Waals surface area contributed by atoms with E-state index in [9.17, 15) is 0 Å². The van der Waals surface area contributed by atoms with Gasteiger partial charge in [-0.2, -0.15) is 5.10 Å². The van der Waals surface area contributed by atoms with E-state index in [2.05, 4.69) is 33.5 Å². The summed E-state index contributed by atoms with van der Waals surface area (Å²) in [7, 11) is 0. The van der Waals surface area contributed by atoms with Crippen LogP contribution in [0.25, 0.3) is 0 Å². The monoisotopic (exact) mass is 254 g/mol. The topological polar surface area (TPSA) is 36.9 Å². The Hall–Kier alpha value is -0.680. The maximum absolute atomic E-state index is 5.27. The fourth-order valence-corrected chi connectivity index (χ4v) is 2.68. The Balaban J connectivity index is 1.89. The molecule has 0 radical (unpaired) electrons. The molecule has 0 amide bonds. The summed E-state index contributed by atoms with van der Waals surface area (Å²) in [6, 6.07) is 0. The average Bonchev–Trinajstić information content (AvgIpc) is 2.89. The summed E-state index contributed by atoms with van der Waals surface area (Å²) in [5, 5.41) is 7.20. The second kappa shape index (κ2) is 5.78. The molecule has 17 heavy (non-hydrogen) atoms. The van der Waals surface area contributed by atoms with Crippen LogP contribution in [0, 0.1) is 4.77 Å². The number of likely N-dealkylation sites (tertiary alicyclic amines) is 1. The van der Waals surface area contributed by atoms with Gasteiger partial charge < -0.3 is 9.47 Å². The fourth-order valence-electron chi connectivity index (χ4n) is 2.45. The van der Waals surface area contributed by atoms with Crippen LogP contribution in [0.2, 0.25) is 0 Å². The van der Waals surface area contributed by atoms with Gasteiger partial charge in [-0.25, -0.2) is 0 Å². The van der Waals surface area contributed by atoms with Gasteiger partial charge in [-0.1, -0.05) is 13.8 Å². The van der Waals surface area contributed by atoms with Gasteiger partial charge in [-0.05, 0) is 51.1 Å². The molecule has 1 aliphatic rings. The second-order valence-electron chi connectivity index (χ2n) is 5.10. The standard InChI is InChI=1S/C12H22N4S/c1-10(2)11-13-14-12(17)16(11)9-5-8-15-6-3-4-7-15/h10H,3-9H2,1-2H3,(H,14,17). The molecule has 1 N–H and O–H groups in total. The molecule has 2 rings (SSSR count). The molecular weight excluding hydrogens is 232 g/mol. The zero-order valence-electron chi connectivity index (χ0n) is 10.8. The minimum absolute atomic E-state index is 0.426. The van der Waals surface area contributed by atoms with Crippen LogP contribution in [0.4, 0.5) is 0 Å². The van der Waals surface area contributed by atoms with E-state index in [1.54, 1.807) is 0 Å². The van der Waals surface area contributed by atoms with E-state index in [0.717, 1.165) is 23.6 Å². The van der Waals surface area contributed by atoms with Gasteiger partial charge in [0, 0.05) is 12.5 Å². The number of aromatic amines is 1. The highest BCUT2D eigenvalue weighted by Crippen LogP contribution is 2.13. The van der Waals surface area contributed by atoms with Crippen molar-refractivity contribution in [2.75, 3.05) is 19.6 Å². The summed E-state index contributed by atoms with van der Waals surface area (Å²) in [4.78, 5) is 2.54. The van der Waals surface area contributed by atoms with Crippen LogP contribution in [0.1, 0.15) is 44.9 Å². The van der Waals surface area contributed by atoms with Crippen LogP contribution in [-0.2, 0) is 6.54 Å². The Morgan fingerprint density at radius 1 is 1.29 bits per heavy atom. The first-order valence-electron chi connectivity index (χ1n) is 6.56. The molecule has 1 aromatic heterocycles. The zero-order chi connectivity index (χ0) is 12.3. The van der Waals surface area contributed by atoms with Crippen molar-refractivity contribution in [3.05, 3.63) is 10.6 Å². The van der Waals surface area contributed by atoms with Gasteiger partial charge in [0.2, 0.25) is 0 Å². The lowest BCUT2D eigenvalue weighted by molar-refractivity contribution is 0.323. The molecule has 5 heteroatoms. The Morgan fingerprint density at radius 2 is 2.00 bits per heavy atom. The van der Waals surface area contributed by atoms with Crippen LogP contribution < -0.4 is 0 Å². The van der Waals surface area contributed by atoms with Crippen LogP contribution >= 0.6 is 12.2 Å². The van der Waals surface area contributed by atoms with E-state index in [-0.39, 0.29) is 0 Å². The van der Waals surface area contributed by atoms with Gasteiger partial charge in [0.05, 0.1) is 0 Å². The summed E-state index contributed by atoms with van der Waals surface area (Å²) in [6.45, 7) is 9.02. The highest BCUT2D eigenvalue weighted by atomic mass is 32.1. The van der Waals surface area contributed by atoms with E-state index >= 15 is 0 Å². The van der Waals surface area contributed by atoms with Crippen LogP contribution in [0.3, 0.4) is 0 Å². The van der Waals surface area contributed by atoms with E-state index in [0.29, 0.717) is 5.92 Å². The Morgan fingerprint density at radius 3 is 2.65 bits per heavy atom. The predicted molar refractivity (Wildman–Crippen MR) is 71.8 cm³/mol. The highest BCUT2D eigenvalue weighted by molar-refractivity contribution is 7.71. The van der Waals surface area contributed by atoms with Gasteiger partial charge in [0.25, 0.3) is 0 Å². The van der Waals surface area contributed by atoms with Gasteiger partial charge in [-0.15, -0.1) is 0 Å².